The van der Waals surface area contributed by atoms with Crippen molar-refractivity contribution in [1.29, 1.82) is 0 Å². The van der Waals surface area contributed by atoms with Gasteiger partial charge in [0.1, 0.15) is 0 Å². The number of ether oxygens (including phenoxy) is 1. The van der Waals surface area contributed by atoms with Crippen molar-refractivity contribution in [2.75, 3.05) is 5.32 Å². The van der Waals surface area contributed by atoms with Crippen LogP contribution in [0.1, 0.15) is 70.1 Å². The van der Waals surface area contributed by atoms with E-state index in [9.17, 15) is 19.2 Å². The second-order valence-corrected chi connectivity index (χ2v) is 7.94. The van der Waals surface area contributed by atoms with Crippen LogP contribution in [0, 0.1) is 0 Å². The van der Waals surface area contributed by atoms with Gasteiger partial charge in [-0.2, -0.15) is 0 Å². The Morgan fingerprint density at radius 1 is 0.968 bits per heavy atom. The van der Waals surface area contributed by atoms with Gasteiger partial charge in [0.05, 0.1) is 16.7 Å². The lowest BCUT2D eigenvalue weighted by Crippen LogP contribution is -2.40. The number of anilines is 1. The normalized spacial score (nSPS) is 17.3. The molecule has 0 unspecified atom stereocenters. The largest absolute Gasteiger partial charge is 0.449 e. The SMILES string of the molecule is C[C@@H](OC(=O)c1ccc2c(c1)C(=O)N(C1CCCCC1)C2=O)C(=O)Nc1ccccc1. The number of para-hydroxylation sites is 1. The summed E-state index contributed by atoms with van der Waals surface area (Å²) < 4.78 is 5.27. The molecule has 7 nitrogen and oxygen atoms in total. The number of hydrogen-bond acceptors (Lipinski definition) is 5. The van der Waals surface area contributed by atoms with E-state index < -0.39 is 18.0 Å². The number of nitrogens with one attached hydrogen (secondary N) is 1. The molecule has 2 aromatic rings. The number of amides is 3. The third-order valence-corrected chi connectivity index (χ3v) is 5.79. The second kappa shape index (κ2) is 8.71. The van der Waals surface area contributed by atoms with E-state index in [1.165, 1.54) is 30.0 Å². The Morgan fingerprint density at radius 2 is 1.65 bits per heavy atom. The first-order valence-electron chi connectivity index (χ1n) is 10.5. The van der Waals surface area contributed by atoms with Gasteiger partial charge < -0.3 is 10.1 Å². The van der Waals surface area contributed by atoms with Crippen LogP contribution in [-0.4, -0.2) is 40.7 Å². The molecule has 0 bridgehead atoms. The summed E-state index contributed by atoms with van der Waals surface area (Å²) in [7, 11) is 0. The van der Waals surface area contributed by atoms with Gasteiger partial charge in [-0.3, -0.25) is 19.3 Å². The molecule has 0 saturated heterocycles. The van der Waals surface area contributed by atoms with Crippen LogP contribution in [0.2, 0.25) is 0 Å². The number of hydrogen-bond donors (Lipinski definition) is 1. The standard InChI is InChI=1S/C24H24N2O5/c1-15(21(27)25-17-8-4-2-5-9-17)31-24(30)16-12-13-19-20(14-16)23(29)26(22(19)28)18-10-6-3-7-11-18/h2,4-5,8-9,12-15,18H,3,6-7,10-11H2,1H3,(H,25,27)/t15-/m1/s1. The van der Waals surface area contributed by atoms with E-state index in [1.807, 2.05) is 6.07 Å². The van der Waals surface area contributed by atoms with E-state index >= 15 is 0 Å². The zero-order valence-electron chi connectivity index (χ0n) is 17.3. The van der Waals surface area contributed by atoms with Crippen LogP contribution >= 0.6 is 0 Å². The van der Waals surface area contributed by atoms with Crippen molar-refractivity contribution in [3.63, 3.8) is 0 Å². The minimum Gasteiger partial charge on any atom is -0.449 e. The number of carbonyl (C=O) groups excluding carboxylic acids is 4. The minimum absolute atomic E-state index is 0.0849. The molecular weight excluding hydrogens is 396 g/mol. The molecule has 160 valence electrons. The predicted molar refractivity (Wildman–Crippen MR) is 114 cm³/mol. The van der Waals surface area contributed by atoms with Crippen molar-refractivity contribution >= 4 is 29.4 Å². The highest BCUT2D eigenvalue weighted by Crippen LogP contribution is 2.31. The fraction of sp³-hybridized carbons (Fsp3) is 0.333. The number of benzene rings is 2. The molecule has 1 aliphatic heterocycles. The number of fused-ring (bicyclic) bond motifs is 1. The number of carbonyl (C=O) groups is 4. The van der Waals surface area contributed by atoms with Gasteiger partial charge in [-0.15, -0.1) is 0 Å². The van der Waals surface area contributed by atoms with Gasteiger partial charge in [0.15, 0.2) is 6.10 Å². The number of imide groups is 1. The van der Waals surface area contributed by atoms with E-state index in [4.69, 9.17) is 4.74 Å². The minimum atomic E-state index is -1.03. The molecule has 1 atom stereocenters. The van der Waals surface area contributed by atoms with Crippen molar-refractivity contribution in [3.8, 4) is 0 Å². The van der Waals surface area contributed by atoms with Crippen LogP contribution in [0.25, 0.3) is 0 Å². The molecule has 31 heavy (non-hydrogen) atoms. The molecule has 0 aromatic heterocycles. The maximum atomic E-state index is 12.9. The molecule has 1 fully saturated rings. The van der Waals surface area contributed by atoms with Crippen LogP contribution in [-0.2, 0) is 9.53 Å². The van der Waals surface area contributed by atoms with E-state index in [0.717, 1.165) is 32.1 Å². The first-order valence-corrected chi connectivity index (χ1v) is 10.5. The Labute approximate surface area is 180 Å². The van der Waals surface area contributed by atoms with Gasteiger partial charge in [0.2, 0.25) is 0 Å². The van der Waals surface area contributed by atoms with E-state index in [-0.39, 0.29) is 29.0 Å². The Hall–Kier alpha value is -3.48. The van der Waals surface area contributed by atoms with Gasteiger partial charge in [-0.1, -0.05) is 37.5 Å². The summed E-state index contributed by atoms with van der Waals surface area (Å²) in [6.45, 7) is 1.48. The molecule has 2 aromatic carbocycles. The van der Waals surface area contributed by atoms with E-state index in [0.29, 0.717) is 11.3 Å². The zero-order chi connectivity index (χ0) is 22.0. The molecule has 7 heteroatoms. The summed E-state index contributed by atoms with van der Waals surface area (Å²) in [5.74, 6) is -1.86. The third-order valence-electron chi connectivity index (χ3n) is 5.79. The molecule has 0 radical (unpaired) electrons. The third kappa shape index (κ3) is 4.21. The summed E-state index contributed by atoms with van der Waals surface area (Å²) in [4.78, 5) is 51.9. The van der Waals surface area contributed by atoms with Gasteiger partial charge in [0, 0.05) is 11.7 Å². The molecule has 3 amide bonds. The lowest BCUT2D eigenvalue weighted by molar-refractivity contribution is -0.123. The van der Waals surface area contributed by atoms with Crippen LogP contribution in [0.4, 0.5) is 5.69 Å². The van der Waals surface area contributed by atoms with Crippen molar-refractivity contribution in [3.05, 3.63) is 65.2 Å². The molecule has 1 N–H and O–H groups in total. The fourth-order valence-corrected chi connectivity index (χ4v) is 4.10. The number of esters is 1. The second-order valence-electron chi connectivity index (χ2n) is 7.94. The molecule has 1 aliphatic carbocycles. The summed E-state index contributed by atoms with van der Waals surface area (Å²) in [5, 5.41) is 2.67. The van der Waals surface area contributed by atoms with Crippen molar-refractivity contribution in [2.45, 2.75) is 51.2 Å². The monoisotopic (exact) mass is 420 g/mol. The Bertz CT molecular complexity index is 1030. The average Bonchev–Trinajstić information content (AvgIpc) is 3.04. The van der Waals surface area contributed by atoms with Crippen molar-refractivity contribution in [2.24, 2.45) is 0 Å². The van der Waals surface area contributed by atoms with Crippen LogP contribution in [0.5, 0.6) is 0 Å². The highest BCUT2D eigenvalue weighted by molar-refractivity contribution is 6.22. The topological polar surface area (TPSA) is 92.8 Å². The molecule has 2 aliphatic rings. The van der Waals surface area contributed by atoms with Gasteiger partial charge >= 0.3 is 5.97 Å². The molecule has 1 saturated carbocycles. The average molecular weight is 420 g/mol. The van der Waals surface area contributed by atoms with E-state index in [1.54, 1.807) is 24.3 Å². The molecule has 4 rings (SSSR count). The number of nitrogens with zero attached hydrogens (tertiary/aromatic N) is 1. The van der Waals surface area contributed by atoms with Crippen LogP contribution < -0.4 is 5.32 Å². The number of rotatable bonds is 5. The highest BCUT2D eigenvalue weighted by atomic mass is 16.5. The maximum absolute atomic E-state index is 12.9. The van der Waals surface area contributed by atoms with Gasteiger partial charge in [-0.05, 0) is 50.1 Å². The Morgan fingerprint density at radius 3 is 2.35 bits per heavy atom. The van der Waals surface area contributed by atoms with Crippen molar-refractivity contribution < 1.29 is 23.9 Å². The first-order chi connectivity index (χ1) is 15.0. The quantitative estimate of drug-likeness (QED) is 0.587. The summed E-state index contributed by atoms with van der Waals surface area (Å²) >= 11 is 0. The molecular formula is C24H24N2O5. The van der Waals surface area contributed by atoms with Gasteiger partial charge in [0.25, 0.3) is 17.7 Å². The summed E-state index contributed by atoms with van der Waals surface area (Å²) in [5.41, 5.74) is 1.25. The van der Waals surface area contributed by atoms with Crippen molar-refractivity contribution in [1.82, 2.24) is 4.90 Å². The maximum Gasteiger partial charge on any atom is 0.338 e. The van der Waals surface area contributed by atoms with Crippen LogP contribution in [0.3, 0.4) is 0 Å². The molecule has 0 spiro atoms. The lowest BCUT2D eigenvalue weighted by Gasteiger charge is -2.29. The Balaban J connectivity index is 1.45. The lowest BCUT2D eigenvalue weighted by atomic mass is 9.94. The Kier molecular flexibility index (Phi) is 5.84. The highest BCUT2D eigenvalue weighted by Gasteiger charge is 2.40. The predicted octanol–water partition coefficient (Wildman–Crippen LogP) is 3.80. The summed E-state index contributed by atoms with van der Waals surface area (Å²) in [6, 6.07) is 13.1. The molecule has 1 heterocycles. The summed E-state index contributed by atoms with van der Waals surface area (Å²) in [6.07, 6.45) is 3.71. The smallest absolute Gasteiger partial charge is 0.338 e. The zero-order valence-corrected chi connectivity index (χ0v) is 17.3. The van der Waals surface area contributed by atoms with E-state index in [2.05, 4.69) is 5.32 Å². The van der Waals surface area contributed by atoms with Gasteiger partial charge in [-0.25, -0.2) is 4.79 Å². The fourth-order valence-electron chi connectivity index (χ4n) is 4.10. The first kappa shape index (κ1) is 20.8. The van der Waals surface area contributed by atoms with Crippen LogP contribution in [0.15, 0.2) is 48.5 Å².